The molecule has 0 saturated carbocycles. The molecule has 100 valence electrons. The summed E-state index contributed by atoms with van der Waals surface area (Å²) in [5.74, 6) is 2.74. The molecule has 0 radical (unpaired) electrons. The van der Waals surface area contributed by atoms with Crippen LogP contribution in [0.3, 0.4) is 0 Å². The minimum absolute atomic E-state index is 0.542. The van der Waals surface area contributed by atoms with E-state index >= 15 is 0 Å². The molecular weight excluding hydrogens is 280 g/mol. The minimum atomic E-state index is 0.542. The van der Waals surface area contributed by atoms with Crippen LogP contribution in [0, 0.1) is 0 Å². The molecule has 4 nitrogen and oxygen atoms in total. The Bertz CT molecular complexity index is 478. The molecule has 0 atom stereocenters. The quantitative estimate of drug-likeness (QED) is 0.627. The Balaban J connectivity index is 1.56. The van der Waals surface area contributed by atoms with Gasteiger partial charge in [-0.05, 0) is 29.9 Å². The highest BCUT2D eigenvalue weighted by atomic mass is 35.5. The van der Waals surface area contributed by atoms with E-state index in [4.69, 9.17) is 11.6 Å². The first-order valence-corrected chi connectivity index (χ1v) is 7.57. The number of pyridine rings is 1. The van der Waals surface area contributed by atoms with E-state index in [1.807, 2.05) is 30.1 Å². The first kappa shape index (κ1) is 14.1. The molecule has 2 rings (SSSR count). The van der Waals surface area contributed by atoms with Crippen LogP contribution in [0.5, 0.6) is 0 Å². The molecule has 0 aliphatic carbocycles. The van der Waals surface area contributed by atoms with Crippen molar-refractivity contribution in [3.05, 3.63) is 47.5 Å². The van der Waals surface area contributed by atoms with Gasteiger partial charge >= 0.3 is 0 Å². The number of hydrogen-bond acceptors (Lipinski definition) is 5. The molecular formula is C13H15ClN4S. The molecule has 0 saturated heterocycles. The summed E-state index contributed by atoms with van der Waals surface area (Å²) in [5, 5.41) is 3.73. The highest BCUT2D eigenvalue weighted by molar-refractivity contribution is 7.98. The number of nitrogens with one attached hydrogen (secondary N) is 1. The Labute approximate surface area is 122 Å². The molecule has 2 aromatic heterocycles. The summed E-state index contributed by atoms with van der Waals surface area (Å²) in [6.45, 7) is 0.885. The van der Waals surface area contributed by atoms with Gasteiger partial charge in [-0.3, -0.25) is 0 Å². The van der Waals surface area contributed by atoms with Crippen LogP contribution in [0.15, 0.2) is 36.8 Å². The van der Waals surface area contributed by atoms with Gasteiger partial charge in [0, 0.05) is 30.9 Å². The molecule has 0 bridgehead atoms. The second-order valence-electron chi connectivity index (χ2n) is 3.89. The molecule has 0 spiro atoms. The van der Waals surface area contributed by atoms with Crippen LogP contribution in [0.4, 0.5) is 5.95 Å². The van der Waals surface area contributed by atoms with E-state index in [1.165, 1.54) is 5.56 Å². The fourth-order valence-corrected chi connectivity index (χ4v) is 2.46. The van der Waals surface area contributed by atoms with Crippen molar-refractivity contribution in [3.63, 3.8) is 0 Å². The fraction of sp³-hybridized carbons (Fsp3) is 0.308. The molecule has 6 heteroatoms. The number of halogens is 1. The maximum atomic E-state index is 5.73. The van der Waals surface area contributed by atoms with E-state index in [-0.39, 0.29) is 0 Å². The third-order valence-electron chi connectivity index (χ3n) is 2.37. The van der Waals surface area contributed by atoms with Crippen molar-refractivity contribution in [3.8, 4) is 0 Å². The first-order chi connectivity index (χ1) is 9.34. The predicted molar refractivity (Wildman–Crippen MR) is 80.5 cm³/mol. The van der Waals surface area contributed by atoms with E-state index in [2.05, 4.69) is 20.3 Å². The second-order valence-corrected chi connectivity index (χ2v) is 5.39. The third kappa shape index (κ3) is 5.44. The van der Waals surface area contributed by atoms with Crippen LogP contribution >= 0.6 is 23.4 Å². The van der Waals surface area contributed by atoms with Gasteiger partial charge in [0.2, 0.25) is 5.95 Å². The topological polar surface area (TPSA) is 50.7 Å². The van der Waals surface area contributed by atoms with Crippen LogP contribution in [0.2, 0.25) is 5.15 Å². The molecule has 2 heterocycles. The smallest absolute Gasteiger partial charge is 0.222 e. The maximum absolute atomic E-state index is 5.73. The van der Waals surface area contributed by atoms with Crippen molar-refractivity contribution in [2.45, 2.75) is 12.2 Å². The monoisotopic (exact) mass is 294 g/mol. The number of nitrogens with zero attached hydrogens (tertiary/aromatic N) is 3. The van der Waals surface area contributed by atoms with Gasteiger partial charge in [0.1, 0.15) is 5.15 Å². The largest absolute Gasteiger partial charge is 0.354 e. The van der Waals surface area contributed by atoms with Crippen LogP contribution in [-0.2, 0) is 5.75 Å². The molecule has 0 aliphatic heterocycles. The highest BCUT2D eigenvalue weighted by Crippen LogP contribution is 2.13. The van der Waals surface area contributed by atoms with Crippen molar-refractivity contribution in [1.29, 1.82) is 0 Å². The molecule has 2 aromatic rings. The summed E-state index contributed by atoms with van der Waals surface area (Å²) < 4.78 is 0. The highest BCUT2D eigenvalue weighted by Gasteiger charge is 1.96. The van der Waals surface area contributed by atoms with Gasteiger partial charge in [-0.25, -0.2) is 15.0 Å². The maximum Gasteiger partial charge on any atom is 0.222 e. The Morgan fingerprint density at radius 3 is 2.74 bits per heavy atom. The van der Waals surface area contributed by atoms with Gasteiger partial charge < -0.3 is 5.32 Å². The predicted octanol–water partition coefficient (Wildman–Crippen LogP) is 3.26. The second kappa shape index (κ2) is 7.96. The van der Waals surface area contributed by atoms with Crippen molar-refractivity contribution >= 4 is 29.3 Å². The van der Waals surface area contributed by atoms with Crippen molar-refractivity contribution in [2.75, 3.05) is 17.6 Å². The minimum Gasteiger partial charge on any atom is -0.354 e. The number of hydrogen-bond donors (Lipinski definition) is 1. The summed E-state index contributed by atoms with van der Waals surface area (Å²) in [7, 11) is 0. The molecule has 0 unspecified atom stereocenters. The van der Waals surface area contributed by atoms with Gasteiger partial charge in [-0.1, -0.05) is 17.7 Å². The van der Waals surface area contributed by atoms with Gasteiger partial charge in [-0.2, -0.15) is 11.8 Å². The molecule has 1 N–H and O–H groups in total. The zero-order valence-corrected chi connectivity index (χ0v) is 12.0. The zero-order chi connectivity index (χ0) is 13.3. The molecule has 19 heavy (non-hydrogen) atoms. The normalized spacial score (nSPS) is 10.4. The van der Waals surface area contributed by atoms with E-state index in [0.29, 0.717) is 11.1 Å². The van der Waals surface area contributed by atoms with E-state index < -0.39 is 0 Å². The molecule has 0 aromatic carbocycles. The van der Waals surface area contributed by atoms with Crippen molar-refractivity contribution in [2.24, 2.45) is 0 Å². The third-order valence-corrected chi connectivity index (χ3v) is 3.71. The van der Waals surface area contributed by atoms with Crippen LogP contribution in [0.1, 0.15) is 12.0 Å². The van der Waals surface area contributed by atoms with E-state index in [9.17, 15) is 0 Å². The first-order valence-electron chi connectivity index (χ1n) is 6.03. The lowest BCUT2D eigenvalue weighted by Crippen LogP contribution is -2.05. The Hall–Kier alpha value is -1.33. The van der Waals surface area contributed by atoms with Crippen LogP contribution in [-0.4, -0.2) is 27.2 Å². The summed E-state index contributed by atoms with van der Waals surface area (Å²) in [5.41, 5.74) is 1.20. The van der Waals surface area contributed by atoms with Crippen molar-refractivity contribution in [1.82, 2.24) is 15.0 Å². The lowest BCUT2D eigenvalue weighted by Gasteiger charge is -2.04. The SMILES string of the molecule is Clc1ccc(CSCCCNc2ncccn2)cn1. The summed E-state index contributed by atoms with van der Waals surface area (Å²) >= 11 is 7.62. The van der Waals surface area contributed by atoms with Gasteiger partial charge in [0.05, 0.1) is 0 Å². The van der Waals surface area contributed by atoms with Crippen LogP contribution < -0.4 is 5.32 Å². The number of thioether (sulfide) groups is 1. The summed E-state index contributed by atoms with van der Waals surface area (Å²) in [6, 6.07) is 5.64. The fourth-order valence-electron chi connectivity index (χ4n) is 1.45. The number of rotatable bonds is 7. The average Bonchev–Trinajstić information content (AvgIpc) is 2.46. The standard InChI is InChI=1S/C13H15ClN4S/c14-12-4-3-11(9-18-12)10-19-8-2-7-17-13-15-5-1-6-16-13/h1,3-6,9H,2,7-8,10H2,(H,15,16,17). The molecule has 0 aliphatic rings. The summed E-state index contributed by atoms with van der Waals surface area (Å²) in [6.07, 6.45) is 6.37. The van der Waals surface area contributed by atoms with E-state index in [0.717, 1.165) is 24.5 Å². The average molecular weight is 295 g/mol. The number of aromatic nitrogens is 3. The number of anilines is 1. The lowest BCUT2D eigenvalue weighted by atomic mass is 10.3. The lowest BCUT2D eigenvalue weighted by molar-refractivity contribution is 0.961. The summed E-state index contributed by atoms with van der Waals surface area (Å²) in [4.78, 5) is 12.3. The van der Waals surface area contributed by atoms with Gasteiger partial charge in [0.15, 0.2) is 0 Å². The van der Waals surface area contributed by atoms with E-state index in [1.54, 1.807) is 18.5 Å². The zero-order valence-electron chi connectivity index (χ0n) is 10.4. The van der Waals surface area contributed by atoms with Gasteiger partial charge in [0.25, 0.3) is 0 Å². The Morgan fingerprint density at radius 1 is 1.16 bits per heavy atom. The van der Waals surface area contributed by atoms with Gasteiger partial charge in [-0.15, -0.1) is 0 Å². The molecule has 0 fully saturated rings. The Morgan fingerprint density at radius 2 is 2.00 bits per heavy atom. The Kier molecular flexibility index (Phi) is 5.91. The molecule has 0 amide bonds. The van der Waals surface area contributed by atoms with Crippen molar-refractivity contribution < 1.29 is 0 Å². The van der Waals surface area contributed by atoms with Crippen LogP contribution in [0.25, 0.3) is 0 Å².